The number of hydrogen-bond donors (Lipinski definition) is 1. The maximum absolute atomic E-state index is 12.4. The van der Waals surface area contributed by atoms with Crippen molar-refractivity contribution in [3.8, 4) is 0 Å². The van der Waals surface area contributed by atoms with Gasteiger partial charge in [-0.25, -0.2) is 9.78 Å². The maximum Gasteiger partial charge on any atom is 0.317 e. The lowest BCUT2D eigenvalue weighted by Gasteiger charge is -2.34. The van der Waals surface area contributed by atoms with Gasteiger partial charge in [0, 0.05) is 37.7 Å². The molecule has 0 unspecified atom stereocenters. The highest BCUT2D eigenvalue weighted by molar-refractivity contribution is 6.31. The SMILES string of the molecule is O=C(NCCc1ccccc1)N1CCN(Cc2nc3cc(Cl)ccc3o2)CC1. The Morgan fingerprint density at radius 3 is 2.68 bits per heavy atom. The van der Waals surface area contributed by atoms with E-state index in [1.165, 1.54) is 5.56 Å². The number of rotatable bonds is 5. The molecule has 0 aliphatic carbocycles. The molecule has 6 nitrogen and oxygen atoms in total. The average molecular weight is 399 g/mol. The third kappa shape index (κ3) is 4.64. The van der Waals surface area contributed by atoms with Crippen LogP contribution in [0.4, 0.5) is 4.79 Å². The summed E-state index contributed by atoms with van der Waals surface area (Å²) >= 11 is 6.00. The zero-order valence-corrected chi connectivity index (χ0v) is 16.4. The minimum Gasteiger partial charge on any atom is -0.439 e. The van der Waals surface area contributed by atoms with Crippen molar-refractivity contribution >= 4 is 28.7 Å². The largest absolute Gasteiger partial charge is 0.439 e. The smallest absolute Gasteiger partial charge is 0.317 e. The molecule has 0 radical (unpaired) electrons. The molecule has 0 atom stereocenters. The number of carbonyl (C=O) groups excluding carboxylic acids is 1. The Kier molecular flexibility index (Phi) is 5.78. The number of benzene rings is 2. The fraction of sp³-hybridized carbons (Fsp3) is 0.333. The second-order valence-electron chi connectivity index (χ2n) is 6.95. The Hall–Kier alpha value is -2.57. The minimum absolute atomic E-state index is 0.00656. The number of carbonyl (C=O) groups is 1. The number of nitrogens with zero attached hydrogens (tertiary/aromatic N) is 3. The van der Waals surface area contributed by atoms with Crippen LogP contribution in [0.3, 0.4) is 0 Å². The summed E-state index contributed by atoms with van der Waals surface area (Å²) in [5, 5.41) is 3.67. The molecular weight excluding hydrogens is 376 g/mol. The molecule has 4 rings (SSSR count). The Morgan fingerprint density at radius 2 is 1.89 bits per heavy atom. The number of amides is 2. The van der Waals surface area contributed by atoms with E-state index in [1.807, 2.05) is 35.2 Å². The molecule has 28 heavy (non-hydrogen) atoms. The summed E-state index contributed by atoms with van der Waals surface area (Å²) in [5.41, 5.74) is 2.75. The summed E-state index contributed by atoms with van der Waals surface area (Å²) in [5.74, 6) is 0.679. The average Bonchev–Trinajstić information content (AvgIpc) is 3.10. The van der Waals surface area contributed by atoms with Gasteiger partial charge in [0.05, 0.1) is 6.54 Å². The second kappa shape index (κ2) is 8.63. The number of oxazole rings is 1. The van der Waals surface area contributed by atoms with E-state index in [0.29, 0.717) is 37.1 Å². The molecule has 1 aliphatic heterocycles. The van der Waals surface area contributed by atoms with Crippen molar-refractivity contribution in [2.75, 3.05) is 32.7 Å². The third-order valence-electron chi connectivity index (χ3n) is 4.95. The zero-order valence-electron chi connectivity index (χ0n) is 15.6. The lowest BCUT2D eigenvalue weighted by molar-refractivity contribution is 0.129. The Labute approximate surface area is 169 Å². The van der Waals surface area contributed by atoms with Crippen LogP contribution in [0.25, 0.3) is 11.1 Å². The van der Waals surface area contributed by atoms with E-state index in [9.17, 15) is 4.79 Å². The van der Waals surface area contributed by atoms with Crippen LogP contribution < -0.4 is 5.32 Å². The van der Waals surface area contributed by atoms with Crippen molar-refractivity contribution < 1.29 is 9.21 Å². The number of nitrogens with one attached hydrogen (secondary N) is 1. The van der Waals surface area contributed by atoms with E-state index in [0.717, 1.165) is 30.6 Å². The molecule has 1 fully saturated rings. The van der Waals surface area contributed by atoms with Gasteiger partial charge in [-0.05, 0) is 30.2 Å². The molecule has 1 aliphatic rings. The first-order valence-electron chi connectivity index (χ1n) is 9.51. The number of aromatic nitrogens is 1. The van der Waals surface area contributed by atoms with Crippen LogP contribution in [-0.4, -0.2) is 53.5 Å². The molecule has 3 aromatic rings. The first kappa shape index (κ1) is 18.8. The van der Waals surface area contributed by atoms with Crippen molar-refractivity contribution in [3.63, 3.8) is 0 Å². The summed E-state index contributed by atoms with van der Waals surface area (Å²) in [6, 6.07) is 15.6. The van der Waals surface area contributed by atoms with Crippen LogP contribution >= 0.6 is 11.6 Å². The van der Waals surface area contributed by atoms with Gasteiger partial charge in [-0.15, -0.1) is 0 Å². The van der Waals surface area contributed by atoms with Crippen LogP contribution in [0, 0.1) is 0 Å². The van der Waals surface area contributed by atoms with Crippen molar-refractivity contribution in [2.45, 2.75) is 13.0 Å². The summed E-state index contributed by atoms with van der Waals surface area (Å²) < 4.78 is 5.79. The van der Waals surface area contributed by atoms with E-state index in [2.05, 4.69) is 27.3 Å². The Bertz CT molecular complexity index is 936. The van der Waals surface area contributed by atoms with Gasteiger partial charge in [0.25, 0.3) is 0 Å². The van der Waals surface area contributed by atoms with Gasteiger partial charge in [-0.2, -0.15) is 0 Å². The first-order chi connectivity index (χ1) is 13.7. The summed E-state index contributed by atoms with van der Waals surface area (Å²) in [6.07, 6.45) is 0.842. The van der Waals surface area contributed by atoms with Gasteiger partial charge in [0.2, 0.25) is 5.89 Å². The maximum atomic E-state index is 12.4. The van der Waals surface area contributed by atoms with Crippen molar-refractivity contribution in [1.29, 1.82) is 0 Å². The summed E-state index contributed by atoms with van der Waals surface area (Å²) in [7, 11) is 0. The van der Waals surface area contributed by atoms with E-state index in [4.69, 9.17) is 16.0 Å². The van der Waals surface area contributed by atoms with Crippen LogP contribution in [0.15, 0.2) is 52.9 Å². The molecular formula is C21H23ClN4O2. The van der Waals surface area contributed by atoms with Crippen LogP contribution in [0.2, 0.25) is 5.02 Å². The van der Waals surface area contributed by atoms with Crippen LogP contribution in [-0.2, 0) is 13.0 Å². The first-order valence-corrected chi connectivity index (χ1v) is 9.89. The second-order valence-corrected chi connectivity index (χ2v) is 7.39. The number of hydrogen-bond acceptors (Lipinski definition) is 4. The summed E-state index contributed by atoms with van der Waals surface area (Å²) in [4.78, 5) is 21.0. The predicted octanol–water partition coefficient (Wildman–Crippen LogP) is 3.55. The summed E-state index contributed by atoms with van der Waals surface area (Å²) in [6.45, 7) is 4.27. The molecule has 146 valence electrons. The zero-order chi connectivity index (χ0) is 19.3. The Balaban J connectivity index is 1.23. The Morgan fingerprint density at radius 1 is 1.11 bits per heavy atom. The van der Waals surface area contributed by atoms with Crippen molar-refractivity contribution in [2.24, 2.45) is 0 Å². The van der Waals surface area contributed by atoms with Gasteiger partial charge < -0.3 is 14.6 Å². The minimum atomic E-state index is 0.00656. The predicted molar refractivity (Wildman–Crippen MR) is 109 cm³/mol. The highest BCUT2D eigenvalue weighted by atomic mass is 35.5. The molecule has 2 aromatic carbocycles. The van der Waals surface area contributed by atoms with Gasteiger partial charge in [0.1, 0.15) is 5.52 Å². The third-order valence-corrected chi connectivity index (χ3v) is 5.18. The molecule has 0 bridgehead atoms. The molecule has 0 saturated carbocycles. The van der Waals surface area contributed by atoms with Crippen LogP contribution in [0.1, 0.15) is 11.5 Å². The van der Waals surface area contributed by atoms with Crippen molar-refractivity contribution in [1.82, 2.24) is 20.1 Å². The fourth-order valence-electron chi connectivity index (χ4n) is 3.39. The molecule has 2 amide bonds. The fourth-order valence-corrected chi connectivity index (χ4v) is 3.55. The lowest BCUT2D eigenvalue weighted by atomic mass is 10.1. The molecule has 2 heterocycles. The molecule has 7 heteroatoms. The molecule has 1 saturated heterocycles. The van der Waals surface area contributed by atoms with Crippen molar-refractivity contribution in [3.05, 3.63) is 65.0 Å². The number of fused-ring (bicyclic) bond motifs is 1. The van der Waals surface area contributed by atoms with E-state index < -0.39 is 0 Å². The lowest BCUT2D eigenvalue weighted by Crippen LogP contribution is -2.51. The van der Waals surface area contributed by atoms with Crippen LogP contribution in [0.5, 0.6) is 0 Å². The molecule has 0 spiro atoms. The monoisotopic (exact) mass is 398 g/mol. The highest BCUT2D eigenvalue weighted by Crippen LogP contribution is 2.21. The van der Waals surface area contributed by atoms with Gasteiger partial charge in [-0.3, -0.25) is 4.90 Å². The molecule has 1 N–H and O–H groups in total. The molecule has 1 aromatic heterocycles. The quantitative estimate of drug-likeness (QED) is 0.714. The van der Waals surface area contributed by atoms with Gasteiger partial charge in [-0.1, -0.05) is 41.9 Å². The number of urea groups is 1. The van der Waals surface area contributed by atoms with Gasteiger partial charge in [0.15, 0.2) is 5.58 Å². The standard InChI is InChI=1S/C21H23ClN4O2/c22-17-6-7-19-18(14-17)24-20(28-19)15-25-10-12-26(13-11-25)21(27)23-9-8-16-4-2-1-3-5-16/h1-7,14H,8-13,15H2,(H,23,27). The van der Waals surface area contributed by atoms with Gasteiger partial charge >= 0.3 is 6.03 Å². The highest BCUT2D eigenvalue weighted by Gasteiger charge is 2.22. The van der Waals surface area contributed by atoms with E-state index >= 15 is 0 Å². The van der Waals surface area contributed by atoms with E-state index in [1.54, 1.807) is 6.07 Å². The number of halogens is 1. The van der Waals surface area contributed by atoms with E-state index in [-0.39, 0.29) is 6.03 Å². The number of piperazine rings is 1. The normalized spacial score (nSPS) is 15.1. The topological polar surface area (TPSA) is 61.6 Å².